The Labute approximate surface area is 110 Å². The van der Waals surface area contributed by atoms with E-state index in [-0.39, 0.29) is 12.0 Å². The summed E-state index contributed by atoms with van der Waals surface area (Å²) in [5.41, 5.74) is 0. The van der Waals surface area contributed by atoms with E-state index in [9.17, 15) is 4.79 Å². The predicted molar refractivity (Wildman–Crippen MR) is 71.4 cm³/mol. The van der Waals surface area contributed by atoms with E-state index in [0.717, 1.165) is 25.6 Å². The summed E-state index contributed by atoms with van der Waals surface area (Å²) in [6.07, 6.45) is 6.21. The smallest absolute Gasteiger partial charge is 0.322 e. The highest BCUT2D eigenvalue weighted by Crippen LogP contribution is 2.27. The molecule has 0 spiro atoms. The van der Waals surface area contributed by atoms with Gasteiger partial charge in [-0.3, -0.25) is 4.79 Å². The van der Waals surface area contributed by atoms with E-state index in [1.54, 1.807) is 0 Å². The zero-order chi connectivity index (χ0) is 13.0. The first-order valence-electron chi connectivity index (χ1n) is 7.29. The zero-order valence-corrected chi connectivity index (χ0v) is 11.7. The van der Waals surface area contributed by atoms with Gasteiger partial charge in [0.1, 0.15) is 6.04 Å². The number of carbonyl (C=O) groups excluding carboxylic acids is 1. The lowest BCUT2D eigenvalue weighted by molar-refractivity contribution is -0.142. The van der Waals surface area contributed by atoms with Crippen molar-refractivity contribution < 1.29 is 9.53 Å². The fourth-order valence-corrected chi connectivity index (χ4v) is 3.44. The van der Waals surface area contributed by atoms with Crippen LogP contribution >= 0.6 is 0 Å². The average molecular weight is 254 g/mol. The van der Waals surface area contributed by atoms with Gasteiger partial charge in [0.2, 0.25) is 0 Å². The molecule has 0 saturated carbocycles. The highest BCUT2D eigenvalue weighted by Gasteiger charge is 2.33. The molecule has 4 nitrogen and oxygen atoms in total. The van der Waals surface area contributed by atoms with Crippen LogP contribution in [0, 0.1) is 5.92 Å². The van der Waals surface area contributed by atoms with Gasteiger partial charge in [0, 0.05) is 6.04 Å². The number of likely N-dealkylation sites (tertiary alicyclic amines) is 1. The molecule has 2 heterocycles. The van der Waals surface area contributed by atoms with E-state index < -0.39 is 0 Å². The Morgan fingerprint density at radius 2 is 2.28 bits per heavy atom. The number of esters is 1. The molecule has 3 unspecified atom stereocenters. The second kappa shape index (κ2) is 6.53. The van der Waals surface area contributed by atoms with E-state index >= 15 is 0 Å². The number of piperidine rings is 1. The van der Waals surface area contributed by atoms with Crippen molar-refractivity contribution >= 4 is 5.97 Å². The van der Waals surface area contributed by atoms with Crippen LogP contribution < -0.4 is 5.32 Å². The number of rotatable bonds is 4. The molecule has 2 saturated heterocycles. The number of nitrogens with zero attached hydrogens (tertiary/aromatic N) is 1. The minimum Gasteiger partial charge on any atom is -0.468 e. The minimum absolute atomic E-state index is 0.0707. The Morgan fingerprint density at radius 3 is 3.00 bits per heavy atom. The lowest BCUT2D eigenvalue weighted by Crippen LogP contribution is -2.40. The summed E-state index contributed by atoms with van der Waals surface area (Å²) in [4.78, 5) is 14.1. The third-order valence-corrected chi connectivity index (χ3v) is 4.47. The van der Waals surface area contributed by atoms with Crippen molar-refractivity contribution in [3.63, 3.8) is 0 Å². The lowest BCUT2D eigenvalue weighted by Gasteiger charge is -2.36. The molecule has 18 heavy (non-hydrogen) atoms. The number of carbonyl (C=O) groups is 1. The Balaban J connectivity index is 1.81. The lowest BCUT2D eigenvalue weighted by atomic mass is 9.91. The van der Waals surface area contributed by atoms with E-state index in [4.69, 9.17) is 4.74 Å². The van der Waals surface area contributed by atoms with Crippen molar-refractivity contribution in [2.75, 3.05) is 26.7 Å². The van der Waals surface area contributed by atoms with Gasteiger partial charge in [-0.05, 0) is 51.2 Å². The van der Waals surface area contributed by atoms with Crippen molar-refractivity contribution in [3.05, 3.63) is 0 Å². The summed E-state index contributed by atoms with van der Waals surface area (Å²) in [5.74, 6) is 0.528. The van der Waals surface area contributed by atoms with Crippen LogP contribution in [0.1, 0.15) is 39.0 Å². The fraction of sp³-hybridized carbons (Fsp3) is 0.929. The molecule has 0 radical (unpaired) electrons. The highest BCUT2D eigenvalue weighted by atomic mass is 16.5. The monoisotopic (exact) mass is 254 g/mol. The van der Waals surface area contributed by atoms with Crippen LogP contribution in [-0.4, -0.2) is 49.7 Å². The van der Waals surface area contributed by atoms with Gasteiger partial charge in [-0.25, -0.2) is 0 Å². The van der Waals surface area contributed by atoms with Crippen LogP contribution in [0.5, 0.6) is 0 Å². The molecule has 2 aliphatic rings. The molecule has 0 aromatic rings. The molecule has 0 aromatic carbocycles. The molecule has 1 N–H and O–H groups in total. The Kier molecular flexibility index (Phi) is 5.01. The highest BCUT2D eigenvalue weighted by molar-refractivity contribution is 5.76. The van der Waals surface area contributed by atoms with E-state index in [0.29, 0.717) is 5.92 Å². The number of ether oxygens (including phenoxy) is 1. The quantitative estimate of drug-likeness (QED) is 0.770. The zero-order valence-electron chi connectivity index (χ0n) is 11.7. The van der Waals surface area contributed by atoms with Crippen molar-refractivity contribution in [2.45, 2.75) is 51.1 Å². The first-order chi connectivity index (χ1) is 8.74. The summed E-state index contributed by atoms with van der Waals surface area (Å²) in [5, 5.41) is 3.29. The summed E-state index contributed by atoms with van der Waals surface area (Å²) < 4.78 is 4.80. The SMILES string of the molecule is CCN1CCCCC1CC1CNC(C(=O)OC)C1. The Hall–Kier alpha value is -0.610. The first-order valence-corrected chi connectivity index (χ1v) is 7.29. The molecule has 3 atom stereocenters. The molecular weight excluding hydrogens is 228 g/mol. The predicted octanol–water partition coefficient (Wildman–Crippen LogP) is 1.40. The van der Waals surface area contributed by atoms with Crippen LogP contribution in [0.4, 0.5) is 0 Å². The molecule has 2 fully saturated rings. The van der Waals surface area contributed by atoms with Gasteiger partial charge in [0.15, 0.2) is 0 Å². The van der Waals surface area contributed by atoms with Gasteiger partial charge < -0.3 is 15.0 Å². The number of hydrogen-bond acceptors (Lipinski definition) is 4. The number of methoxy groups -OCH3 is 1. The van der Waals surface area contributed by atoms with Crippen LogP contribution in [0.3, 0.4) is 0 Å². The average Bonchev–Trinajstić information content (AvgIpc) is 2.87. The second-order valence-electron chi connectivity index (χ2n) is 5.60. The van der Waals surface area contributed by atoms with Crippen molar-refractivity contribution in [2.24, 2.45) is 5.92 Å². The third-order valence-electron chi connectivity index (χ3n) is 4.47. The summed E-state index contributed by atoms with van der Waals surface area (Å²) in [7, 11) is 1.47. The van der Waals surface area contributed by atoms with Gasteiger partial charge in [-0.15, -0.1) is 0 Å². The first kappa shape index (κ1) is 13.8. The molecule has 0 aromatic heterocycles. The van der Waals surface area contributed by atoms with Crippen LogP contribution in [-0.2, 0) is 9.53 Å². The van der Waals surface area contributed by atoms with Crippen molar-refractivity contribution in [3.8, 4) is 0 Å². The Morgan fingerprint density at radius 1 is 1.44 bits per heavy atom. The van der Waals surface area contributed by atoms with E-state index in [1.165, 1.54) is 39.3 Å². The fourth-order valence-electron chi connectivity index (χ4n) is 3.44. The summed E-state index contributed by atoms with van der Waals surface area (Å²) in [6, 6.07) is 0.658. The van der Waals surface area contributed by atoms with Gasteiger partial charge in [0.05, 0.1) is 7.11 Å². The van der Waals surface area contributed by atoms with Gasteiger partial charge in [-0.2, -0.15) is 0 Å². The second-order valence-corrected chi connectivity index (χ2v) is 5.60. The van der Waals surface area contributed by atoms with Crippen molar-refractivity contribution in [1.29, 1.82) is 0 Å². The number of nitrogens with one attached hydrogen (secondary N) is 1. The minimum atomic E-state index is -0.103. The maximum atomic E-state index is 11.5. The standard InChI is InChI=1S/C14H26N2O2/c1-3-16-7-5-4-6-12(16)8-11-9-13(15-10-11)14(17)18-2/h11-13,15H,3-10H2,1-2H3. The van der Waals surface area contributed by atoms with Crippen LogP contribution in [0.2, 0.25) is 0 Å². The van der Waals surface area contributed by atoms with Crippen molar-refractivity contribution in [1.82, 2.24) is 10.2 Å². The third kappa shape index (κ3) is 3.23. The molecule has 0 aliphatic carbocycles. The van der Waals surface area contributed by atoms with Gasteiger partial charge >= 0.3 is 5.97 Å². The van der Waals surface area contributed by atoms with E-state index in [1.807, 2.05) is 0 Å². The topological polar surface area (TPSA) is 41.6 Å². The normalized spacial score (nSPS) is 33.6. The molecular formula is C14H26N2O2. The van der Waals surface area contributed by atoms with Gasteiger partial charge in [0.25, 0.3) is 0 Å². The molecule has 2 rings (SSSR count). The summed E-state index contributed by atoms with van der Waals surface area (Å²) in [6.45, 7) is 5.63. The maximum absolute atomic E-state index is 11.5. The largest absolute Gasteiger partial charge is 0.468 e. The summed E-state index contributed by atoms with van der Waals surface area (Å²) >= 11 is 0. The molecule has 104 valence electrons. The molecule has 4 heteroatoms. The molecule has 2 aliphatic heterocycles. The van der Waals surface area contributed by atoms with E-state index in [2.05, 4.69) is 17.1 Å². The van der Waals surface area contributed by atoms with Crippen LogP contribution in [0.15, 0.2) is 0 Å². The van der Waals surface area contributed by atoms with Crippen LogP contribution in [0.25, 0.3) is 0 Å². The maximum Gasteiger partial charge on any atom is 0.322 e. The number of hydrogen-bond donors (Lipinski definition) is 1. The Bertz CT molecular complexity index is 283. The molecule has 0 amide bonds. The van der Waals surface area contributed by atoms with Gasteiger partial charge in [-0.1, -0.05) is 13.3 Å². The molecule has 0 bridgehead atoms.